The molecule has 2 fully saturated rings. The van der Waals surface area contributed by atoms with Crippen LogP contribution >= 0.6 is 0 Å². The number of fused-ring (bicyclic) bond motifs is 1. The minimum Gasteiger partial charge on any atom is -0.497 e. The van der Waals surface area contributed by atoms with Crippen LogP contribution < -0.4 is 24.8 Å². The molecule has 6 rings (SSSR count). The average Bonchev–Trinajstić information content (AvgIpc) is 3.81. The number of rotatable bonds is 14. The van der Waals surface area contributed by atoms with Crippen molar-refractivity contribution in [2.45, 2.75) is 74.8 Å². The number of hydrogen-bond donors (Lipinski definition) is 3. The lowest BCUT2D eigenvalue weighted by Gasteiger charge is -2.31. The molecule has 330 valence electrons. The summed E-state index contributed by atoms with van der Waals surface area (Å²) in [6, 6.07) is 21.0. The molecule has 17 heteroatoms. The number of sulfonamides is 1. The molecule has 4 aromatic rings. The first-order valence-electron chi connectivity index (χ1n) is 20.1. The van der Waals surface area contributed by atoms with Crippen molar-refractivity contribution in [2.24, 2.45) is 5.92 Å². The van der Waals surface area contributed by atoms with Crippen LogP contribution in [0, 0.1) is 17.8 Å². The largest absolute Gasteiger partial charge is 0.497 e. The molecular formula is C46H50N6O10S. The Kier molecular flexibility index (Phi) is 13.5. The quantitative estimate of drug-likeness (QED) is 0.121. The van der Waals surface area contributed by atoms with Gasteiger partial charge in [-0.2, -0.15) is 0 Å². The van der Waals surface area contributed by atoms with Crippen molar-refractivity contribution in [3.05, 3.63) is 97.6 Å². The van der Waals surface area contributed by atoms with Gasteiger partial charge in [0.05, 0.1) is 36.3 Å². The predicted octanol–water partition coefficient (Wildman–Crippen LogP) is 4.20. The van der Waals surface area contributed by atoms with Crippen LogP contribution in [0.2, 0.25) is 0 Å². The maximum absolute atomic E-state index is 14.8. The van der Waals surface area contributed by atoms with Gasteiger partial charge in [-0.3, -0.25) is 19.2 Å². The van der Waals surface area contributed by atoms with Gasteiger partial charge >= 0.3 is 6.09 Å². The van der Waals surface area contributed by atoms with Crippen LogP contribution in [0.25, 0.3) is 22.2 Å². The second-order valence-corrected chi connectivity index (χ2v) is 17.9. The third-order valence-electron chi connectivity index (χ3n) is 10.5. The van der Waals surface area contributed by atoms with Crippen LogP contribution in [-0.2, 0) is 33.9 Å². The zero-order chi connectivity index (χ0) is 45.7. The molecule has 16 nitrogen and oxygen atoms in total. The molecule has 3 N–H and O–H groups in total. The van der Waals surface area contributed by atoms with Gasteiger partial charge in [0.2, 0.25) is 11.8 Å². The lowest BCUT2D eigenvalue weighted by atomic mass is 10.1. The molecule has 5 unspecified atom stereocenters. The minimum atomic E-state index is -4.34. The summed E-state index contributed by atoms with van der Waals surface area (Å²) in [5.74, 6) is 2.06. The average molecular weight is 879 g/mol. The van der Waals surface area contributed by atoms with Gasteiger partial charge in [-0.25, -0.2) is 22.9 Å². The second-order valence-electron chi connectivity index (χ2n) is 16.3. The zero-order valence-electron chi connectivity index (χ0n) is 35.8. The summed E-state index contributed by atoms with van der Waals surface area (Å²) >= 11 is 0. The summed E-state index contributed by atoms with van der Waals surface area (Å²) in [6.45, 7) is 9.65. The number of carbonyl (C=O) groups is 5. The number of ether oxygens (including phenoxy) is 3. The Labute approximate surface area is 366 Å². The molecule has 0 radical (unpaired) electrons. The Hall–Kier alpha value is -6.93. The van der Waals surface area contributed by atoms with Crippen molar-refractivity contribution in [3.63, 3.8) is 0 Å². The number of nitrogens with one attached hydrogen (secondary N) is 3. The standard InChI is InChI=1S/C46H50N6O10S/c1-8-16-40(53)51(6)28-37(48-44(57)62-45(3,4)5)42(55)52-27-32(61-39-25-35(29-17-12-10-13-18-29)47-36-23-31(60-7)21-22-34(36)39)24-38(52)41(54)49-46(26-30(46)9-2)43(56)50-63(58,59)33-19-14-11-15-20-33/h9-15,17-23,25,30,32,37-38H,2,24,26-28H2,1,3-7H3,(H,48,57)(H,49,54)(H,50,56). The molecule has 2 aliphatic rings. The van der Waals surface area contributed by atoms with E-state index in [0.29, 0.717) is 28.1 Å². The lowest BCUT2D eigenvalue weighted by Crippen LogP contribution is -2.59. The number of likely N-dealkylation sites (N-methyl/N-ethyl adjacent to an activating group) is 1. The van der Waals surface area contributed by atoms with Crippen molar-refractivity contribution < 1.29 is 46.6 Å². The zero-order valence-corrected chi connectivity index (χ0v) is 36.7. The highest BCUT2D eigenvalue weighted by Crippen LogP contribution is 2.45. The molecule has 1 aromatic heterocycles. The fraction of sp³-hybridized carbons (Fsp3) is 0.348. The molecule has 1 saturated carbocycles. The van der Waals surface area contributed by atoms with Crippen LogP contribution in [0.3, 0.4) is 0 Å². The van der Waals surface area contributed by atoms with Crippen molar-refractivity contribution in [1.82, 2.24) is 30.1 Å². The van der Waals surface area contributed by atoms with E-state index in [1.807, 2.05) is 30.3 Å². The first kappa shape index (κ1) is 45.6. The van der Waals surface area contributed by atoms with E-state index >= 15 is 0 Å². The van der Waals surface area contributed by atoms with Gasteiger partial charge in [0.15, 0.2) is 0 Å². The molecule has 5 atom stereocenters. The normalized spacial score (nSPS) is 19.7. The van der Waals surface area contributed by atoms with Crippen LogP contribution in [-0.4, -0.2) is 109 Å². The Balaban J connectivity index is 1.37. The smallest absolute Gasteiger partial charge is 0.408 e. The summed E-state index contributed by atoms with van der Waals surface area (Å²) in [5, 5.41) is 5.94. The van der Waals surface area contributed by atoms with Crippen molar-refractivity contribution in [3.8, 4) is 34.6 Å². The Morgan fingerprint density at radius 3 is 2.33 bits per heavy atom. The SMILES string of the molecule is C=CC1CC1(NC(=O)C1CC(Oc2cc(-c3ccccc3)nc3cc(OC)ccc23)CN1C(=O)C(CN(C)C(=O)C#CC)NC(=O)OC(C)(C)C)C(=O)NS(=O)(=O)c1ccccc1. The highest BCUT2D eigenvalue weighted by atomic mass is 32.2. The molecule has 5 amide bonds. The topological polar surface area (TPSA) is 203 Å². The van der Waals surface area contributed by atoms with E-state index in [0.717, 1.165) is 10.5 Å². The predicted molar refractivity (Wildman–Crippen MR) is 233 cm³/mol. The number of pyridine rings is 1. The first-order valence-corrected chi connectivity index (χ1v) is 21.6. The van der Waals surface area contributed by atoms with Crippen LogP contribution in [0.15, 0.2) is 102 Å². The fourth-order valence-corrected chi connectivity index (χ4v) is 8.38. The molecule has 1 aliphatic heterocycles. The second kappa shape index (κ2) is 18.6. The van der Waals surface area contributed by atoms with Gasteiger partial charge in [0.25, 0.3) is 21.8 Å². The molecule has 0 bridgehead atoms. The van der Waals surface area contributed by atoms with Gasteiger partial charge in [-0.1, -0.05) is 60.5 Å². The highest BCUT2D eigenvalue weighted by molar-refractivity contribution is 7.90. The highest BCUT2D eigenvalue weighted by Gasteiger charge is 2.61. The van der Waals surface area contributed by atoms with E-state index in [2.05, 4.69) is 33.8 Å². The number of benzene rings is 3. The summed E-state index contributed by atoms with van der Waals surface area (Å²) in [4.78, 5) is 76.4. The molecule has 2 heterocycles. The van der Waals surface area contributed by atoms with E-state index in [9.17, 15) is 32.4 Å². The first-order chi connectivity index (χ1) is 29.9. The van der Waals surface area contributed by atoms with Gasteiger partial charge in [-0.15, -0.1) is 6.58 Å². The van der Waals surface area contributed by atoms with Gasteiger partial charge in [0, 0.05) is 42.5 Å². The van der Waals surface area contributed by atoms with Gasteiger partial charge in [0.1, 0.15) is 40.8 Å². The summed E-state index contributed by atoms with van der Waals surface area (Å²) < 4.78 is 46.2. The fourth-order valence-electron chi connectivity index (χ4n) is 7.32. The molecule has 3 aromatic carbocycles. The Morgan fingerprint density at radius 2 is 1.71 bits per heavy atom. The number of hydrogen-bond acceptors (Lipinski definition) is 11. The van der Waals surface area contributed by atoms with Gasteiger partial charge in [-0.05, 0) is 64.3 Å². The van der Waals surface area contributed by atoms with E-state index in [1.54, 1.807) is 58.2 Å². The number of likely N-dealkylation sites (tertiary alicyclic amines) is 1. The lowest BCUT2D eigenvalue weighted by molar-refractivity contribution is -0.141. The van der Waals surface area contributed by atoms with Crippen LogP contribution in [0.4, 0.5) is 4.79 Å². The van der Waals surface area contributed by atoms with E-state index in [1.165, 1.54) is 49.2 Å². The summed E-state index contributed by atoms with van der Waals surface area (Å²) in [7, 11) is -1.39. The number of amides is 5. The summed E-state index contributed by atoms with van der Waals surface area (Å²) in [6.07, 6.45) is -0.440. The Morgan fingerprint density at radius 1 is 1.03 bits per heavy atom. The van der Waals surface area contributed by atoms with E-state index in [4.69, 9.17) is 19.2 Å². The van der Waals surface area contributed by atoms with E-state index < -0.39 is 75.0 Å². The molecule has 63 heavy (non-hydrogen) atoms. The van der Waals surface area contributed by atoms with Crippen LogP contribution in [0.1, 0.15) is 40.5 Å². The number of aromatic nitrogens is 1. The number of nitrogens with zero attached hydrogens (tertiary/aromatic N) is 3. The monoisotopic (exact) mass is 878 g/mol. The van der Waals surface area contributed by atoms with E-state index in [-0.39, 0.29) is 30.8 Å². The summed E-state index contributed by atoms with van der Waals surface area (Å²) in [5.41, 5.74) is -0.739. The van der Waals surface area contributed by atoms with Crippen molar-refractivity contribution in [2.75, 3.05) is 27.2 Å². The maximum atomic E-state index is 14.8. The van der Waals surface area contributed by atoms with Crippen molar-refractivity contribution in [1.29, 1.82) is 0 Å². The molecular weight excluding hydrogens is 829 g/mol. The van der Waals surface area contributed by atoms with Crippen LogP contribution in [0.5, 0.6) is 11.5 Å². The van der Waals surface area contributed by atoms with Crippen molar-refractivity contribution >= 4 is 50.6 Å². The number of methoxy groups -OCH3 is 1. The minimum absolute atomic E-state index is 0.0297. The Bertz CT molecular complexity index is 2590. The molecule has 1 saturated heterocycles. The maximum Gasteiger partial charge on any atom is 0.408 e. The third kappa shape index (κ3) is 10.6. The molecule has 0 spiro atoms. The molecule has 1 aliphatic carbocycles. The number of alkyl carbamates (subject to hydrolysis) is 1. The van der Waals surface area contributed by atoms with Gasteiger partial charge < -0.3 is 34.6 Å². The third-order valence-corrected chi connectivity index (χ3v) is 11.9. The number of carbonyl (C=O) groups excluding carboxylic acids is 5.